The third-order valence-electron chi connectivity index (χ3n) is 8.34. The molecule has 0 aromatic rings. The number of halogens is 2. The van der Waals surface area contributed by atoms with Gasteiger partial charge in [0.15, 0.2) is 5.78 Å². The summed E-state index contributed by atoms with van der Waals surface area (Å²) in [6, 6.07) is 0. The van der Waals surface area contributed by atoms with Crippen LogP contribution in [0.2, 0.25) is 0 Å². The van der Waals surface area contributed by atoms with Gasteiger partial charge in [0, 0.05) is 5.92 Å². The van der Waals surface area contributed by atoms with Gasteiger partial charge < -0.3 is 10.2 Å². The lowest BCUT2D eigenvalue weighted by Gasteiger charge is -2.54. The molecule has 0 radical (unpaired) electrons. The van der Waals surface area contributed by atoms with Gasteiger partial charge in [-0.05, 0) is 93.3 Å². The molecule has 8 atom stereocenters. The highest BCUT2D eigenvalue weighted by molar-refractivity contribution is 5.82. The van der Waals surface area contributed by atoms with Gasteiger partial charge in [-0.1, -0.05) is 0 Å². The summed E-state index contributed by atoms with van der Waals surface area (Å²) >= 11 is 0. The average Bonchev–Trinajstić information content (AvgIpc) is 3.04. The third kappa shape index (κ3) is 2.86. The van der Waals surface area contributed by atoms with Gasteiger partial charge in [-0.15, -0.1) is 0 Å². The molecule has 5 heteroatoms. The largest absolute Gasteiger partial charge is 0.389 e. The van der Waals surface area contributed by atoms with E-state index in [0.717, 1.165) is 44.9 Å². The van der Waals surface area contributed by atoms with Crippen LogP contribution in [-0.2, 0) is 4.79 Å². The number of carbonyl (C=O) groups is 1. The van der Waals surface area contributed by atoms with E-state index in [1.54, 1.807) is 0 Å². The van der Waals surface area contributed by atoms with Gasteiger partial charge in [-0.3, -0.25) is 4.79 Å². The predicted octanol–water partition coefficient (Wildman–Crippen LogP) is 3.42. The van der Waals surface area contributed by atoms with Gasteiger partial charge in [-0.25, -0.2) is 8.78 Å². The van der Waals surface area contributed by atoms with Crippen molar-refractivity contribution in [2.45, 2.75) is 69.8 Å². The molecule has 0 saturated heterocycles. The fraction of sp³-hybridized carbons (Fsp3) is 0.950. The quantitative estimate of drug-likeness (QED) is 0.815. The van der Waals surface area contributed by atoms with Crippen LogP contribution in [0.15, 0.2) is 0 Å². The lowest BCUT2D eigenvalue weighted by Crippen LogP contribution is -2.51. The molecule has 0 bridgehead atoms. The van der Waals surface area contributed by atoms with Crippen LogP contribution in [0.5, 0.6) is 0 Å². The van der Waals surface area contributed by atoms with E-state index < -0.39 is 12.0 Å². The second-order valence-electron chi connectivity index (χ2n) is 9.19. The summed E-state index contributed by atoms with van der Waals surface area (Å²) in [5, 5.41) is 19.5. The fourth-order valence-corrected chi connectivity index (χ4v) is 7.28. The van der Waals surface area contributed by atoms with Gasteiger partial charge in [0.25, 0.3) is 6.43 Å². The smallest absolute Gasteiger partial charge is 0.266 e. The number of rotatable bonds is 3. The maximum Gasteiger partial charge on any atom is 0.266 e. The average molecular weight is 356 g/mol. The summed E-state index contributed by atoms with van der Waals surface area (Å²) in [7, 11) is 0. The molecule has 0 aromatic carbocycles. The van der Waals surface area contributed by atoms with Crippen molar-refractivity contribution in [3.63, 3.8) is 0 Å². The van der Waals surface area contributed by atoms with E-state index in [4.69, 9.17) is 0 Å². The molecule has 4 aliphatic carbocycles. The number of fused-ring (bicyclic) bond motifs is 5. The van der Waals surface area contributed by atoms with Crippen LogP contribution in [0.4, 0.5) is 8.78 Å². The van der Waals surface area contributed by atoms with E-state index in [1.165, 1.54) is 0 Å². The molecule has 4 rings (SSSR count). The molecule has 0 aliphatic heterocycles. The molecule has 4 aliphatic rings. The topological polar surface area (TPSA) is 57.5 Å². The van der Waals surface area contributed by atoms with Gasteiger partial charge in [0.1, 0.15) is 12.2 Å². The molecule has 0 unspecified atom stereocenters. The van der Waals surface area contributed by atoms with Crippen molar-refractivity contribution in [2.75, 3.05) is 6.61 Å². The Hall–Kier alpha value is -0.550. The van der Waals surface area contributed by atoms with E-state index in [2.05, 4.69) is 0 Å². The fourth-order valence-electron chi connectivity index (χ4n) is 7.28. The number of ketones is 1. The number of carbonyl (C=O) groups excluding carboxylic acids is 1. The van der Waals surface area contributed by atoms with Crippen LogP contribution in [0, 0.1) is 41.4 Å². The van der Waals surface area contributed by atoms with Gasteiger partial charge in [0.2, 0.25) is 0 Å². The first-order valence-electron chi connectivity index (χ1n) is 10.1. The van der Waals surface area contributed by atoms with E-state index >= 15 is 0 Å². The van der Waals surface area contributed by atoms with Gasteiger partial charge in [-0.2, -0.15) is 0 Å². The maximum absolute atomic E-state index is 13.2. The number of hydrogen-bond donors (Lipinski definition) is 2. The second-order valence-corrected chi connectivity index (χ2v) is 9.19. The molecular formula is C20H30F2O3. The lowest BCUT2D eigenvalue weighted by molar-refractivity contribution is -0.156. The van der Waals surface area contributed by atoms with E-state index in [1.807, 2.05) is 0 Å². The normalized spacial score (nSPS) is 49.4. The molecule has 0 amide bonds. The maximum atomic E-state index is 13.2. The highest BCUT2D eigenvalue weighted by Gasteiger charge is 2.55. The lowest BCUT2D eigenvalue weighted by atomic mass is 9.52. The summed E-state index contributed by atoms with van der Waals surface area (Å²) in [6.45, 7) is -0.334. The van der Waals surface area contributed by atoms with Crippen LogP contribution in [0.3, 0.4) is 0 Å². The number of aliphatic hydroxyl groups excluding tert-OH is 1. The monoisotopic (exact) mass is 356 g/mol. The molecule has 0 aromatic heterocycles. The molecule has 0 heterocycles. The van der Waals surface area contributed by atoms with Crippen molar-refractivity contribution in [2.24, 2.45) is 41.4 Å². The number of aliphatic hydroxyl groups is 2. The van der Waals surface area contributed by atoms with Crippen LogP contribution >= 0.6 is 0 Å². The summed E-state index contributed by atoms with van der Waals surface area (Å²) in [5.74, 6) is 2.99. The van der Waals surface area contributed by atoms with Crippen molar-refractivity contribution in [3.8, 4) is 0 Å². The first kappa shape index (κ1) is 17.8. The third-order valence-corrected chi connectivity index (χ3v) is 8.34. The standard InChI is InChI=1S/C20H30F2O3/c21-19(22)20(25)8-7-12-11(9-20)1-2-14-13(12)3-4-16-15(14)5-6-17(16)18(24)10-23/h11-17,19,23,25H,1-10H2/t11-,12+,13-,14-,15+,16+,17+,20+/m1/s1. The second kappa shape index (κ2) is 6.56. The number of Topliss-reactive ketones (excluding diaryl/α,β-unsaturated/α-hetero) is 1. The summed E-state index contributed by atoms with van der Waals surface area (Å²) < 4.78 is 26.4. The number of alkyl halides is 2. The highest BCUT2D eigenvalue weighted by atomic mass is 19.3. The number of hydrogen-bond acceptors (Lipinski definition) is 3. The minimum atomic E-state index is -2.64. The van der Waals surface area contributed by atoms with Crippen molar-refractivity contribution < 1.29 is 23.8 Å². The minimum Gasteiger partial charge on any atom is -0.389 e. The summed E-state index contributed by atoms with van der Waals surface area (Å²) in [6.07, 6.45) is 4.73. The first-order chi connectivity index (χ1) is 11.9. The Labute approximate surface area is 148 Å². The van der Waals surface area contributed by atoms with Crippen molar-refractivity contribution >= 4 is 5.78 Å². The Morgan fingerprint density at radius 2 is 1.52 bits per heavy atom. The molecule has 25 heavy (non-hydrogen) atoms. The van der Waals surface area contributed by atoms with Gasteiger partial charge in [0.05, 0.1) is 0 Å². The molecule has 142 valence electrons. The summed E-state index contributed by atoms with van der Waals surface area (Å²) in [5.41, 5.74) is -1.77. The Morgan fingerprint density at radius 1 is 0.920 bits per heavy atom. The summed E-state index contributed by atoms with van der Waals surface area (Å²) in [4.78, 5) is 12.0. The Balaban J connectivity index is 1.47. The van der Waals surface area contributed by atoms with Gasteiger partial charge >= 0.3 is 0 Å². The van der Waals surface area contributed by atoms with Crippen LogP contribution in [0.25, 0.3) is 0 Å². The Morgan fingerprint density at radius 3 is 2.24 bits per heavy atom. The van der Waals surface area contributed by atoms with Crippen LogP contribution < -0.4 is 0 Å². The molecule has 4 saturated carbocycles. The van der Waals surface area contributed by atoms with Crippen molar-refractivity contribution in [3.05, 3.63) is 0 Å². The predicted molar refractivity (Wildman–Crippen MR) is 89.0 cm³/mol. The van der Waals surface area contributed by atoms with E-state index in [-0.39, 0.29) is 37.1 Å². The minimum absolute atomic E-state index is 0.0132. The molecule has 2 N–H and O–H groups in total. The molecule has 3 nitrogen and oxygen atoms in total. The molecular weight excluding hydrogens is 326 g/mol. The SMILES string of the molecule is O=C(CO)[C@H]1CC[C@H]2[C@@H]3CC[C@@H]4C[C@](O)(C(F)F)CC[C@@H]4[C@H]3CC[C@@H]21. The zero-order valence-electron chi connectivity index (χ0n) is 14.7. The zero-order valence-corrected chi connectivity index (χ0v) is 14.7. The van der Waals surface area contributed by atoms with Crippen molar-refractivity contribution in [1.82, 2.24) is 0 Å². The van der Waals surface area contributed by atoms with E-state index in [0.29, 0.717) is 29.6 Å². The Kier molecular flexibility index (Phi) is 4.68. The Bertz CT molecular complexity index is 525. The van der Waals surface area contributed by atoms with Crippen LogP contribution in [0.1, 0.15) is 57.8 Å². The highest BCUT2D eigenvalue weighted by Crippen LogP contribution is 2.60. The van der Waals surface area contributed by atoms with E-state index in [9.17, 15) is 23.8 Å². The van der Waals surface area contributed by atoms with Crippen LogP contribution in [-0.4, -0.2) is 34.6 Å². The molecule has 0 spiro atoms. The first-order valence-corrected chi connectivity index (χ1v) is 10.1. The zero-order chi connectivity index (χ0) is 17.8. The van der Waals surface area contributed by atoms with Crippen molar-refractivity contribution in [1.29, 1.82) is 0 Å². The molecule has 4 fully saturated rings.